The fourth-order valence-corrected chi connectivity index (χ4v) is 5.86. The first kappa shape index (κ1) is 21.9. The van der Waals surface area contributed by atoms with Gasteiger partial charge in [0.05, 0.1) is 0 Å². The van der Waals surface area contributed by atoms with E-state index in [2.05, 4.69) is 95.7 Å². The van der Waals surface area contributed by atoms with Crippen LogP contribution in [-0.4, -0.2) is 36.7 Å². The van der Waals surface area contributed by atoms with Crippen molar-refractivity contribution >= 4 is 0 Å². The lowest BCUT2D eigenvalue weighted by atomic mass is 9.70. The van der Waals surface area contributed by atoms with Gasteiger partial charge in [-0.25, -0.2) is 0 Å². The highest BCUT2D eigenvalue weighted by Crippen LogP contribution is 2.42. The van der Waals surface area contributed by atoms with Crippen LogP contribution in [0.5, 0.6) is 5.75 Å². The first-order chi connectivity index (χ1) is 16.3. The number of piperidine rings is 3. The quantitative estimate of drug-likeness (QED) is 0.438. The summed E-state index contributed by atoms with van der Waals surface area (Å²) in [4.78, 5) is 2.74. The second-order valence-corrected chi connectivity index (χ2v) is 9.28. The van der Waals surface area contributed by atoms with Gasteiger partial charge in [-0.2, -0.15) is 0 Å². The van der Waals surface area contributed by atoms with Crippen molar-refractivity contribution in [2.45, 2.75) is 37.4 Å². The van der Waals surface area contributed by atoms with E-state index >= 15 is 0 Å². The van der Waals surface area contributed by atoms with Crippen LogP contribution in [0.15, 0.2) is 97.6 Å². The Hall–Kier alpha value is -2.88. The maximum Gasteiger partial charge on any atom is 0.124 e. The molecule has 0 saturated carbocycles. The zero-order valence-electron chi connectivity index (χ0n) is 19.3. The molecule has 3 heteroatoms. The van der Waals surface area contributed by atoms with Crippen LogP contribution in [0.25, 0.3) is 0 Å². The van der Waals surface area contributed by atoms with E-state index in [1.165, 1.54) is 42.6 Å². The molecule has 0 aliphatic carbocycles. The summed E-state index contributed by atoms with van der Waals surface area (Å²) in [6.45, 7) is 7.53. The Morgan fingerprint density at radius 3 is 2.12 bits per heavy atom. The van der Waals surface area contributed by atoms with Crippen LogP contribution in [0.4, 0.5) is 0 Å². The molecular weight excluding hydrogens is 404 g/mol. The summed E-state index contributed by atoms with van der Waals surface area (Å²) in [6.07, 6.45) is 4.36. The van der Waals surface area contributed by atoms with Gasteiger partial charge in [0.15, 0.2) is 0 Å². The summed E-state index contributed by atoms with van der Waals surface area (Å²) in [5.74, 6) is 2.00. The fraction of sp³-hybridized carbons (Fsp3) is 0.333. The van der Waals surface area contributed by atoms with Gasteiger partial charge in [-0.15, -0.1) is 0 Å². The summed E-state index contributed by atoms with van der Waals surface area (Å²) in [7, 11) is 0. The standard InChI is InChI=1S/C30H34N2O/c1-2-21-33-27-16-10-9-15-26(27)22-31-29-25-17-19-32(20-18-25)30(29)28(23-11-5-3-6-12-23)24-13-7-4-8-14-24/h2-16,25,28-31H,1,17-22H2. The van der Waals surface area contributed by atoms with Crippen molar-refractivity contribution in [3.63, 3.8) is 0 Å². The summed E-state index contributed by atoms with van der Waals surface area (Å²) in [5.41, 5.74) is 4.02. The number of nitrogens with zero attached hydrogens (tertiary/aromatic N) is 1. The highest BCUT2D eigenvalue weighted by molar-refractivity contribution is 5.37. The molecule has 0 radical (unpaired) electrons. The summed E-state index contributed by atoms with van der Waals surface area (Å²) in [6, 6.07) is 31.4. The zero-order valence-corrected chi connectivity index (χ0v) is 19.3. The molecule has 33 heavy (non-hydrogen) atoms. The molecule has 3 aliphatic heterocycles. The molecule has 0 amide bonds. The molecule has 0 aromatic heterocycles. The van der Waals surface area contributed by atoms with Gasteiger partial charge in [0.25, 0.3) is 0 Å². The highest BCUT2D eigenvalue weighted by atomic mass is 16.5. The lowest BCUT2D eigenvalue weighted by Crippen LogP contribution is -2.64. The van der Waals surface area contributed by atoms with Gasteiger partial charge in [-0.1, -0.05) is 91.5 Å². The second kappa shape index (κ2) is 10.4. The maximum atomic E-state index is 5.93. The number of fused-ring (bicyclic) bond motifs is 3. The highest BCUT2D eigenvalue weighted by Gasteiger charge is 2.46. The van der Waals surface area contributed by atoms with Crippen molar-refractivity contribution in [3.8, 4) is 5.75 Å². The van der Waals surface area contributed by atoms with E-state index in [0.717, 1.165) is 12.3 Å². The first-order valence-corrected chi connectivity index (χ1v) is 12.2. The van der Waals surface area contributed by atoms with Crippen LogP contribution in [0, 0.1) is 5.92 Å². The molecule has 3 saturated heterocycles. The Kier molecular flexibility index (Phi) is 6.89. The van der Waals surface area contributed by atoms with Gasteiger partial charge >= 0.3 is 0 Å². The number of nitrogens with one attached hydrogen (secondary N) is 1. The number of ether oxygens (including phenoxy) is 1. The molecule has 2 unspecified atom stereocenters. The van der Waals surface area contributed by atoms with E-state index in [-0.39, 0.29) is 0 Å². The normalized spacial score (nSPS) is 24.0. The Labute approximate surface area is 198 Å². The van der Waals surface area contributed by atoms with Crippen LogP contribution in [-0.2, 0) is 6.54 Å². The Balaban J connectivity index is 1.46. The molecule has 3 fully saturated rings. The molecule has 2 atom stereocenters. The van der Waals surface area contributed by atoms with Gasteiger partial charge < -0.3 is 10.1 Å². The Morgan fingerprint density at radius 2 is 1.48 bits per heavy atom. The van der Waals surface area contributed by atoms with Crippen molar-refractivity contribution < 1.29 is 4.74 Å². The van der Waals surface area contributed by atoms with Gasteiger partial charge in [0.1, 0.15) is 12.4 Å². The topological polar surface area (TPSA) is 24.5 Å². The summed E-state index contributed by atoms with van der Waals surface area (Å²) < 4.78 is 5.93. The molecule has 170 valence electrons. The van der Waals surface area contributed by atoms with Gasteiger partial charge in [0.2, 0.25) is 0 Å². The number of para-hydroxylation sites is 1. The van der Waals surface area contributed by atoms with Gasteiger partial charge in [-0.3, -0.25) is 4.90 Å². The second-order valence-electron chi connectivity index (χ2n) is 9.28. The smallest absolute Gasteiger partial charge is 0.124 e. The van der Waals surface area contributed by atoms with Gasteiger partial charge in [0, 0.05) is 30.1 Å². The van der Waals surface area contributed by atoms with E-state index in [4.69, 9.17) is 4.74 Å². The van der Waals surface area contributed by atoms with Crippen LogP contribution < -0.4 is 10.1 Å². The predicted molar refractivity (Wildman–Crippen MR) is 136 cm³/mol. The third-order valence-corrected chi connectivity index (χ3v) is 7.39. The lowest BCUT2D eigenvalue weighted by molar-refractivity contribution is 0.00461. The van der Waals surface area contributed by atoms with Crippen molar-refractivity contribution in [3.05, 3.63) is 114 Å². The average molecular weight is 439 g/mol. The van der Waals surface area contributed by atoms with Gasteiger partial charge in [-0.05, 0) is 49.0 Å². The SMILES string of the molecule is C=CCOc1ccccc1CNC1C2CCN(CC2)C1C(c1ccccc1)c1ccccc1. The van der Waals surface area contributed by atoms with Crippen molar-refractivity contribution in [1.82, 2.24) is 10.2 Å². The van der Waals surface area contributed by atoms with E-state index in [0.29, 0.717) is 30.5 Å². The summed E-state index contributed by atoms with van der Waals surface area (Å²) in [5, 5.41) is 4.01. The minimum atomic E-state index is 0.347. The first-order valence-electron chi connectivity index (χ1n) is 12.2. The number of hydrogen-bond acceptors (Lipinski definition) is 3. The molecule has 3 nitrogen and oxygen atoms in total. The Bertz CT molecular complexity index is 988. The fourth-order valence-electron chi connectivity index (χ4n) is 5.86. The van der Waals surface area contributed by atoms with Crippen LogP contribution in [0.3, 0.4) is 0 Å². The predicted octanol–water partition coefficient (Wildman–Crippen LogP) is 5.64. The minimum absolute atomic E-state index is 0.347. The molecule has 6 rings (SSSR count). The van der Waals surface area contributed by atoms with E-state index < -0.39 is 0 Å². The monoisotopic (exact) mass is 438 g/mol. The summed E-state index contributed by atoms with van der Waals surface area (Å²) >= 11 is 0. The molecule has 3 aromatic rings. The van der Waals surface area contributed by atoms with Crippen molar-refractivity contribution in [2.24, 2.45) is 5.92 Å². The van der Waals surface area contributed by atoms with Crippen molar-refractivity contribution in [1.29, 1.82) is 0 Å². The van der Waals surface area contributed by atoms with Crippen molar-refractivity contribution in [2.75, 3.05) is 19.7 Å². The van der Waals surface area contributed by atoms with E-state index in [1.54, 1.807) is 6.08 Å². The number of benzene rings is 3. The Morgan fingerprint density at radius 1 is 0.879 bits per heavy atom. The zero-order chi connectivity index (χ0) is 22.5. The van der Waals surface area contributed by atoms with Crippen LogP contribution in [0.1, 0.15) is 35.4 Å². The number of hydrogen-bond donors (Lipinski definition) is 1. The van der Waals surface area contributed by atoms with E-state index in [9.17, 15) is 0 Å². The molecule has 2 bridgehead atoms. The molecule has 3 aliphatic rings. The van der Waals surface area contributed by atoms with Crippen LogP contribution >= 0.6 is 0 Å². The molecule has 3 heterocycles. The molecule has 3 aromatic carbocycles. The molecule has 1 N–H and O–H groups in total. The average Bonchev–Trinajstić information content (AvgIpc) is 2.89. The number of rotatable bonds is 9. The van der Waals surface area contributed by atoms with Crippen LogP contribution in [0.2, 0.25) is 0 Å². The minimum Gasteiger partial charge on any atom is -0.489 e. The largest absolute Gasteiger partial charge is 0.489 e. The van der Waals surface area contributed by atoms with E-state index in [1.807, 2.05) is 6.07 Å². The lowest BCUT2D eigenvalue weighted by Gasteiger charge is -2.54. The molecule has 0 spiro atoms. The third-order valence-electron chi connectivity index (χ3n) is 7.39. The third kappa shape index (κ3) is 4.75. The maximum absolute atomic E-state index is 5.93. The molecular formula is C30H34N2O.